The van der Waals surface area contributed by atoms with Crippen LogP contribution in [0.15, 0.2) is 36.4 Å². The monoisotopic (exact) mass is 322 g/mol. The summed E-state index contributed by atoms with van der Waals surface area (Å²) < 4.78 is 14.6. The Bertz CT molecular complexity index is 556. The first kappa shape index (κ1) is 18.9. The molecular weight excluding hydrogens is 300 g/mol. The van der Waals surface area contributed by atoms with Gasteiger partial charge >= 0.3 is 11.9 Å². The second-order valence-corrected chi connectivity index (χ2v) is 5.37. The topological polar surface area (TPSA) is 85.4 Å². The van der Waals surface area contributed by atoms with Crippen LogP contribution < -0.4 is 0 Å². The summed E-state index contributed by atoms with van der Waals surface area (Å²) in [5.41, 5.74) is 1.39. The van der Waals surface area contributed by atoms with Crippen molar-refractivity contribution in [1.29, 1.82) is 0 Å². The zero-order chi connectivity index (χ0) is 17.4. The largest absolute Gasteiger partial charge is 0.459 e. The Balaban J connectivity index is 0.000000593. The van der Waals surface area contributed by atoms with E-state index in [1.807, 2.05) is 13.8 Å². The molecule has 2 unspecified atom stereocenters. The summed E-state index contributed by atoms with van der Waals surface area (Å²) in [5, 5.41) is 9.07. The van der Waals surface area contributed by atoms with Crippen LogP contribution in [-0.2, 0) is 14.2 Å². The molecule has 1 aromatic rings. The summed E-state index contributed by atoms with van der Waals surface area (Å²) in [4.78, 5) is 23.6. The Hall–Kier alpha value is -2.18. The van der Waals surface area contributed by atoms with Crippen LogP contribution in [0.3, 0.4) is 0 Å². The number of ether oxygens (including phenoxy) is 3. The molecule has 1 N–H and O–H groups in total. The number of benzene rings is 1. The summed E-state index contributed by atoms with van der Waals surface area (Å²) in [6.45, 7) is 9.24. The SMILES string of the molecule is C=C(C)C.CC(O)COC(=O)c1ccccc1C(=O)OC1CO1. The molecule has 0 radical (unpaired) electrons. The molecule has 0 aromatic heterocycles. The van der Waals surface area contributed by atoms with Crippen molar-refractivity contribution in [3.63, 3.8) is 0 Å². The lowest BCUT2D eigenvalue weighted by molar-refractivity contribution is 0.0254. The predicted octanol–water partition coefficient (Wildman–Crippen LogP) is 2.32. The van der Waals surface area contributed by atoms with Gasteiger partial charge in [0.05, 0.1) is 17.2 Å². The van der Waals surface area contributed by atoms with Crippen molar-refractivity contribution < 1.29 is 28.9 Å². The van der Waals surface area contributed by atoms with E-state index in [2.05, 4.69) is 6.58 Å². The fourth-order valence-corrected chi connectivity index (χ4v) is 1.40. The van der Waals surface area contributed by atoms with Crippen molar-refractivity contribution >= 4 is 11.9 Å². The lowest BCUT2D eigenvalue weighted by Gasteiger charge is -2.09. The molecule has 1 saturated heterocycles. The summed E-state index contributed by atoms with van der Waals surface area (Å²) in [7, 11) is 0. The molecule has 6 nitrogen and oxygen atoms in total. The van der Waals surface area contributed by atoms with E-state index >= 15 is 0 Å². The summed E-state index contributed by atoms with van der Waals surface area (Å²) >= 11 is 0. The standard InChI is InChI=1S/C13H14O6.C4H8/c1-8(14)6-18-12(15)9-4-2-3-5-10(9)13(16)19-11-7-17-11;1-4(2)3/h2-5,8,11,14H,6-7H2,1H3;1H2,2-3H3. The van der Waals surface area contributed by atoms with Crippen LogP contribution >= 0.6 is 0 Å². The third-order valence-corrected chi connectivity index (χ3v) is 2.36. The van der Waals surface area contributed by atoms with Crippen molar-refractivity contribution in [2.75, 3.05) is 13.2 Å². The highest BCUT2D eigenvalue weighted by molar-refractivity contribution is 6.03. The van der Waals surface area contributed by atoms with Gasteiger partial charge in [-0.05, 0) is 32.9 Å². The van der Waals surface area contributed by atoms with Gasteiger partial charge in [-0.3, -0.25) is 0 Å². The van der Waals surface area contributed by atoms with Crippen LogP contribution in [0.4, 0.5) is 0 Å². The molecule has 1 heterocycles. The average Bonchev–Trinajstić information content (AvgIpc) is 3.28. The minimum absolute atomic E-state index is 0.105. The third-order valence-electron chi connectivity index (χ3n) is 2.36. The Morgan fingerprint density at radius 2 is 1.78 bits per heavy atom. The maximum absolute atomic E-state index is 11.8. The molecule has 23 heavy (non-hydrogen) atoms. The Kier molecular flexibility index (Phi) is 7.44. The Labute approximate surface area is 135 Å². The number of aliphatic hydroxyl groups excluding tert-OH is 1. The predicted molar refractivity (Wildman–Crippen MR) is 84.0 cm³/mol. The molecular formula is C17H22O6. The molecule has 6 heteroatoms. The molecule has 0 saturated carbocycles. The van der Waals surface area contributed by atoms with Crippen molar-refractivity contribution in [2.45, 2.75) is 33.2 Å². The number of allylic oxidation sites excluding steroid dienone is 1. The van der Waals surface area contributed by atoms with Gasteiger partial charge in [0.25, 0.3) is 0 Å². The van der Waals surface area contributed by atoms with Gasteiger partial charge in [-0.2, -0.15) is 0 Å². The fourth-order valence-electron chi connectivity index (χ4n) is 1.40. The van der Waals surface area contributed by atoms with E-state index in [-0.39, 0.29) is 17.7 Å². The highest BCUT2D eigenvalue weighted by Gasteiger charge is 2.29. The lowest BCUT2D eigenvalue weighted by Crippen LogP contribution is -2.18. The first-order valence-electron chi connectivity index (χ1n) is 7.20. The molecule has 0 aliphatic carbocycles. The number of carbonyl (C=O) groups is 2. The quantitative estimate of drug-likeness (QED) is 0.509. The number of rotatable bonds is 5. The first-order valence-corrected chi connectivity index (χ1v) is 7.20. The second kappa shape index (κ2) is 9.07. The molecule has 126 valence electrons. The van der Waals surface area contributed by atoms with E-state index < -0.39 is 24.3 Å². The number of hydrogen-bond donors (Lipinski definition) is 1. The van der Waals surface area contributed by atoms with Gasteiger partial charge in [-0.25, -0.2) is 9.59 Å². The van der Waals surface area contributed by atoms with Gasteiger partial charge in [0.1, 0.15) is 13.2 Å². The molecule has 0 bridgehead atoms. The van der Waals surface area contributed by atoms with Gasteiger partial charge < -0.3 is 19.3 Å². The van der Waals surface area contributed by atoms with Crippen LogP contribution in [0.2, 0.25) is 0 Å². The van der Waals surface area contributed by atoms with E-state index in [4.69, 9.17) is 19.3 Å². The van der Waals surface area contributed by atoms with E-state index in [9.17, 15) is 9.59 Å². The zero-order valence-corrected chi connectivity index (χ0v) is 13.6. The Morgan fingerprint density at radius 1 is 1.30 bits per heavy atom. The van der Waals surface area contributed by atoms with Gasteiger partial charge in [0.15, 0.2) is 0 Å². The minimum atomic E-state index is -0.761. The third kappa shape index (κ3) is 7.58. The molecule has 1 fully saturated rings. The van der Waals surface area contributed by atoms with Gasteiger partial charge in [0, 0.05) is 0 Å². The Morgan fingerprint density at radius 3 is 2.22 bits per heavy atom. The maximum Gasteiger partial charge on any atom is 0.341 e. The van der Waals surface area contributed by atoms with E-state index in [1.54, 1.807) is 12.1 Å². The van der Waals surface area contributed by atoms with Crippen LogP contribution in [-0.4, -0.2) is 42.7 Å². The average molecular weight is 322 g/mol. The van der Waals surface area contributed by atoms with Gasteiger partial charge in [-0.15, -0.1) is 6.58 Å². The summed E-state index contributed by atoms with van der Waals surface area (Å²) in [6.07, 6.45) is -1.28. The summed E-state index contributed by atoms with van der Waals surface area (Å²) in [6, 6.07) is 6.18. The van der Waals surface area contributed by atoms with Crippen molar-refractivity contribution in [1.82, 2.24) is 0 Å². The number of carbonyl (C=O) groups excluding carboxylic acids is 2. The van der Waals surface area contributed by atoms with E-state index in [0.29, 0.717) is 6.61 Å². The van der Waals surface area contributed by atoms with Crippen LogP contribution in [0.5, 0.6) is 0 Å². The number of epoxide rings is 1. The number of hydrogen-bond acceptors (Lipinski definition) is 6. The van der Waals surface area contributed by atoms with Crippen molar-refractivity contribution in [3.05, 3.63) is 47.5 Å². The maximum atomic E-state index is 11.8. The molecule has 1 aliphatic heterocycles. The molecule has 1 aromatic carbocycles. The van der Waals surface area contributed by atoms with Crippen LogP contribution in [0.25, 0.3) is 0 Å². The molecule has 0 spiro atoms. The second-order valence-electron chi connectivity index (χ2n) is 5.37. The van der Waals surface area contributed by atoms with Gasteiger partial charge in [0.2, 0.25) is 6.29 Å². The number of esters is 2. The van der Waals surface area contributed by atoms with Gasteiger partial charge in [-0.1, -0.05) is 17.7 Å². The highest BCUT2D eigenvalue weighted by Crippen LogP contribution is 2.17. The zero-order valence-electron chi connectivity index (χ0n) is 13.6. The smallest absolute Gasteiger partial charge is 0.341 e. The molecule has 2 rings (SSSR count). The number of aliphatic hydroxyl groups is 1. The van der Waals surface area contributed by atoms with Crippen molar-refractivity contribution in [2.24, 2.45) is 0 Å². The van der Waals surface area contributed by atoms with E-state index in [0.717, 1.165) is 0 Å². The molecule has 1 aliphatic rings. The van der Waals surface area contributed by atoms with Crippen molar-refractivity contribution in [3.8, 4) is 0 Å². The first-order chi connectivity index (χ1) is 10.8. The minimum Gasteiger partial charge on any atom is -0.459 e. The van der Waals surface area contributed by atoms with Crippen LogP contribution in [0.1, 0.15) is 41.5 Å². The van der Waals surface area contributed by atoms with Crippen LogP contribution in [0, 0.1) is 0 Å². The molecule has 0 amide bonds. The van der Waals surface area contributed by atoms with E-state index in [1.165, 1.54) is 24.6 Å². The summed E-state index contributed by atoms with van der Waals surface area (Å²) in [5.74, 6) is -1.31. The normalized spacial score (nSPS) is 16.4. The molecule has 2 atom stereocenters. The highest BCUT2D eigenvalue weighted by atomic mass is 16.8. The fraction of sp³-hybridized carbons (Fsp3) is 0.412. The lowest BCUT2D eigenvalue weighted by atomic mass is 10.1.